The number of halogens is 3. The minimum atomic E-state index is -4.47. The Morgan fingerprint density at radius 3 is 2.44 bits per heavy atom. The first-order valence-corrected chi connectivity index (χ1v) is 10.9. The van der Waals surface area contributed by atoms with Crippen molar-refractivity contribution < 1.29 is 22.7 Å². The summed E-state index contributed by atoms with van der Waals surface area (Å²) in [6, 6.07) is 17.0. The fraction of sp³-hybridized carbons (Fsp3) is 0.318. The first-order chi connectivity index (χ1) is 15.3. The maximum atomic E-state index is 12.4. The van der Waals surface area contributed by atoms with E-state index in [1.807, 2.05) is 66.8 Å². The van der Waals surface area contributed by atoms with E-state index < -0.39 is 23.9 Å². The summed E-state index contributed by atoms with van der Waals surface area (Å²) in [4.78, 5) is 12.2. The molecule has 0 bridgehead atoms. The highest BCUT2D eigenvalue weighted by molar-refractivity contribution is 8.00. The third-order valence-corrected chi connectivity index (χ3v) is 5.47. The molecular weight excluding hydrogens is 441 g/mol. The van der Waals surface area contributed by atoms with Crippen molar-refractivity contribution in [3.63, 3.8) is 0 Å². The van der Waals surface area contributed by atoms with E-state index in [0.29, 0.717) is 29.8 Å². The largest absolute Gasteiger partial charge is 0.494 e. The quantitative estimate of drug-likeness (QED) is 0.475. The van der Waals surface area contributed by atoms with Crippen LogP contribution in [0.3, 0.4) is 0 Å². The van der Waals surface area contributed by atoms with Gasteiger partial charge in [-0.15, -0.1) is 10.2 Å². The molecule has 2 aromatic carbocycles. The van der Waals surface area contributed by atoms with Crippen molar-refractivity contribution in [2.75, 3.05) is 13.2 Å². The van der Waals surface area contributed by atoms with Crippen molar-refractivity contribution in [2.24, 2.45) is 0 Å². The fourth-order valence-electron chi connectivity index (χ4n) is 2.93. The number of carbonyl (C=O) groups excluding carboxylic acids is 1. The van der Waals surface area contributed by atoms with Crippen LogP contribution in [-0.4, -0.2) is 45.2 Å². The molecular formula is C22H23F3N4O2S. The monoisotopic (exact) mass is 464 g/mol. The highest BCUT2D eigenvalue weighted by Crippen LogP contribution is 2.28. The van der Waals surface area contributed by atoms with Gasteiger partial charge in [-0.05, 0) is 43.7 Å². The second kappa shape index (κ2) is 10.5. The van der Waals surface area contributed by atoms with Crippen LogP contribution in [-0.2, 0) is 11.2 Å². The Morgan fingerprint density at radius 1 is 1.12 bits per heavy atom. The highest BCUT2D eigenvalue weighted by Gasteiger charge is 2.29. The Kier molecular flexibility index (Phi) is 7.79. The lowest BCUT2D eigenvalue weighted by molar-refractivity contribution is -0.137. The second-order valence-corrected chi connectivity index (χ2v) is 8.22. The number of hydrogen-bond acceptors (Lipinski definition) is 5. The van der Waals surface area contributed by atoms with Gasteiger partial charge in [0, 0.05) is 12.1 Å². The van der Waals surface area contributed by atoms with Gasteiger partial charge in [0.25, 0.3) is 0 Å². The van der Waals surface area contributed by atoms with Gasteiger partial charge in [0.15, 0.2) is 5.16 Å². The predicted molar refractivity (Wildman–Crippen MR) is 116 cm³/mol. The van der Waals surface area contributed by atoms with Crippen molar-refractivity contribution in [3.05, 3.63) is 66.0 Å². The highest BCUT2D eigenvalue weighted by atomic mass is 32.2. The molecule has 6 nitrogen and oxygen atoms in total. The smallest absolute Gasteiger partial charge is 0.405 e. The van der Waals surface area contributed by atoms with E-state index in [2.05, 4.69) is 10.2 Å². The van der Waals surface area contributed by atoms with Crippen LogP contribution in [0.25, 0.3) is 5.69 Å². The number of nitrogens with zero attached hydrogens (tertiary/aromatic N) is 3. The number of rotatable bonds is 9. The maximum absolute atomic E-state index is 12.4. The summed E-state index contributed by atoms with van der Waals surface area (Å²) >= 11 is 1.05. The normalized spacial score (nSPS) is 12.4. The van der Waals surface area contributed by atoms with E-state index in [-0.39, 0.29) is 0 Å². The van der Waals surface area contributed by atoms with Gasteiger partial charge >= 0.3 is 6.18 Å². The SMILES string of the molecule is CCOc1ccc(-n2c(Cc3ccccc3)nnc2SC(C)C(=O)NCC(F)(F)F)cc1. The van der Waals surface area contributed by atoms with Crippen molar-refractivity contribution in [1.29, 1.82) is 0 Å². The van der Waals surface area contributed by atoms with Crippen LogP contribution >= 0.6 is 11.8 Å². The van der Waals surface area contributed by atoms with E-state index in [0.717, 1.165) is 23.0 Å². The maximum Gasteiger partial charge on any atom is 0.405 e. The standard InChI is InChI=1S/C22H23F3N4O2S/c1-3-31-18-11-9-17(10-12-18)29-19(13-16-7-5-4-6-8-16)27-28-21(29)32-15(2)20(30)26-14-22(23,24)25/h4-12,15H,3,13-14H2,1-2H3,(H,26,30). The molecule has 0 aliphatic carbocycles. The van der Waals surface area contributed by atoms with E-state index in [1.165, 1.54) is 6.92 Å². The van der Waals surface area contributed by atoms with Crippen LogP contribution in [0.15, 0.2) is 59.8 Å². The van der Waals surface area contributed by atoms with Crippen molar-refractivity contribution in [2.45, 2.75) is 36.9 Å². The lowest BCUT2D eigenvalue weighted by atomic mass is 10.1. The van der Waals surface area contributed by atoms with Gasteiger partial charge in [-0.1, -0.05) is 42.1 Å². The van der Waals surface area contributed by atoms with E-state index >= 15 is 0 Å². The number of aromatic nitrogens is 3. The van der Waals surface area contributed by atoms with Gasteiger partial charge in [0.1, 0.15) is 18.1 Å². The summed E-state index contributed by atoms with van der Waals surface area (Å²) in [7, 11) is 0. The van der Waals surface area contributed by atoms with Crippen molar-refractivity contribution in [3.8, 4) is 11.4 Å². The Labute approximate surface area is 188 Å². The molecule has 1 unspecified atom stereocenters. The summed E-state index contributed by atoms with van der Waals surface area (Å²) in [6.45, 7) is 2.59. The molecule has 10 heteroatoms. The summed E-state index contributed by atoms with van der Waals surface area (Å²) in [6.07, 6.45) is -3.97. The summed E-state index contributed by atoms with van der Waals surface area (Å²) in [5.41, 5.74) is 1.79. The number of ether oxygens (including phenoxy) is 1. The molecule has 3 aromatic rings. The zero-order valence-corrected chi connectivity index (χ0v) is 18.4. The Balaban J connectivity index is 1.87. The molecule has 0 spiro atoms. The molecule has 170 valence electrons. The molecule has 1 heterocycles. The van der Waals surface area contributed by atoms with Crippen LogP contribution in [0.5, 0.6) is 5.75 Å². The molecule has 1 aromatic heterocycles. The lowest BCUT2D eigenvalue weighted by Gasteiger charge is -2.15. The van der Waals surface area contributed by atoms with Gasteiger partial charge in [-0.2, -0.15) is 13.2 Å². The van der Waals surface area contributed by atoms with Gasteiger partial charge in [-0.3, -0.25) is 9.36 Å². The third-order valence-electron chi connectivity index (χ3n) is 4.43. The van der Waals surface area contributed by atoms with Crippen molar-refractivity contribution in [1.82, 2.24) is 20.1 Å². The van der Waals surface area contributed by atoms with E-state index in [4.69, 9.17) is 4.74 Å². The molecule has 0 aliphatic heterocycles. The van der Waals surface area contributed by atoms with Gasteiger partial charge in [-0.25, -0.2) is 0 Å². The minimum Gasteiger partial charge on any atom is -0.494 e. The number of amides is 1. The first kappa shape index (κ1) is 23.6. The van der Waals surface area contributed by atoms with Gasteiger partial charge in [0.2, 0.25) is 5.91 Å². The predicted octanol–water partition coefficient (Wildman–Crippen LogP) is 4.42. The van der Waals surface area contributed by atoms with E-state index in [9.17, 15) is 18.0 Å². The fourth-order valence-corrected chi connectivity index (χ4v) is 3.84. The summed E-state index contributed by atoms with van der Waals surface area (Å²) in [5.74, 6) is 0.631. The summed E-state index contributed by atoms with van der Waals surface area (Å²) < 4.78 is 44.6. The molecule has 0 fully saturated rings. The number of nitrogens with one attached hydrogen (secondary N) is 1. The van der Waals surface area contributed by atoms with Gasteiger partial charge in [0.05, 0.1) is 11.9 Å². The van der Waals surface area contributed by atoms with Crippen LogP contribution in [0.2, 0.25) is 0 Å². The minimum absolute atomic E-state index is 0.412. The average molecular weight is 465 g/mol. The van der Waals surface area contributed by atoms with Crippen molar-refractivity contribution >= 4 is 17.7 Å². The molecule has 1 amide bonds. The number of thioether (sulfide) groups is 1. The third kappa shape index (κ3) is 6.49. The number of alkyl halides is 3. The molecule has 32 heavy (non-hydrogen) atoms. The Bertz CT molecular complexity index is 1020. The first-order valence-electron chi connectivity index (χ1n) is 9.99. The summed E-state index contributed by atoms with van der Waals surface area (Å²) in [5, 5.41) is 10.0. The van der Waals surface area contributed by atoms with Crippen LogP contribution < -0.4 is 10.1 Å². The Hall–Kier alpha value is -3.01. The molecule has 1 N–H and O–H groups in total. The number of hydrogen-bond donors (Lipinski definition) is 1. The molecule has 3 rings (SSSR count). The Morgan fingerprint density at radius 2 is 1.81 bits per heavy atom. The molecule has 0 aliphatic rings. The number of carbonyl (C=O) groups is 1. The zero-order valence-electron chi connectivity index (χ0n) is 17.6. The second-order valence-electron chi connectivity index (χ2n) is 6.92. The van der Waals surface area contributed by atoms with Gasteiger partial charge < -0.3 is 10.1 Å². The van der Waals surface area contributed by atoms with Crippen LogP contribution in [0, 0.1) is 0 Å². The molecule has 0 saturated carbocycles. The average Bonchev–Trinajstić information content (AvgIpc) is 3.14. The van der Waals surface area contributed by atoms with Crippen LogP contribution in [0.4, 0.5) is 13.2 Å². The number of benzene rings is 2. The zero-order chi connectivity index (χ0) is 23.1. The van der Waals surface area contributed by atoms with E-state index in [1.54, 1.807) is 4.57 Å². The molecule has 1 atom stereocenters. The lowest BCUT2D eigenvalue weighted by Crippen LogP contribution is -2.38. The molecule has 0 saturated heterocycles. The topological polar surface area (TPSA) is 69.0 Å². The van der Waals surface area contributed by atoms with Crippen LogP contribution in [0.1, 0.15) is 25.2 Å². The molecule has 0 radical (unpaired) electrons.